The summed E-state index contributed by atoms with van der Waals surface area (Å²) in [4.78, 5) is 5.16. The van der Waals surface area contributed by atoms with Crippen molar-refractivity contribution in [3.05, 3.63) is 29.8 Å². The highest BCUT2D eigenvalue weighted by Crippen LogP contribution is 2.23. The van der Waals surface area contributed by atoms with Crippen LogP contribution in [0.15, 0.2) is 24.3 Å². The van der Waals surface area contributed by atoms with E-state index in [2.05, 4.69) is 11.5 Å². The van der Waals surface area contributed by atoms with Gasteiger partial charge in [0.1, 0.15) is 12.4 Å². The minimum atomic E-state index is 0.268. The zero-order valence-electron chi connectivity index (χ0n) is 8.32. The fourth-order valence-corrected chi connectivity index (χ4v) is 1.60. The van der Waals surface area contributed by atoms with Gasteiger partial charge < -0.3 is 9.57 Å². The van der Waals surface area contributed by atoms with Gasteiger partial charge in [0.15, 0.2) is 0 Å². The zero-order valence-corrected chi connectivity index (χ0v) is 8.32. The fraction of sp³-hybridized carbons (Fsp3) is 0.455. The maximum Gasteiger partial charge on any atom is 0.122 e. The van der Waals surface area contributed by atoms with Crippen LogP contribution in [0.4, 0.5) is 0 Å². The number of benzene rings is 1. The third-order valence-corrected chi connectivity index (χ3v) is 2.27. The average Bonchev–Trinajstić information content (AvgIpc) is 2.26. The third-order valence-electron chi connectivity index (χ3n) is 2.27. The Morgan fingerprint density at radius 1 is 1.50 bits per heavy atom. The van der Waals surface area contributed by atoms with Crippen molar-refractivity contribution in [2.24, 2.45) is 0 Å². The number of hydroxylamine groups is 1. The van der Waals surface area contributed by atoms with Gasteiger partial charge in [0.25, 0.3) is 0 Å². The van der Waals surface area contributed by atoms with Gasteiger partial charge in [-0.3, -0.25) is 0 Å². The minimum Gasteiger partial charge on any atom is -0.492 e. The molecule has 0 saturated heterocycles. The Labute approximate surface area is 84.0 Å². The maximum atomic E-state index is 5.59. The quantitative estimate of drug-likeness (QED) is 0.738. The first kappa shape index (κ1) is 9.49. The Hall–Kier alpha value is -1.06. The van der Waals surface area contributed by atoms with Crippen molar-refractivity contribution in [3.8, 4) is 5.75 Å². The predicted molar refractivity (Wildman–Crippen MR) is 54.2 cm³/mol. The van der Waals surface area contributed by atoms with Crippen LogP contribution in [0.5, 0.6) is 5.75 Å². The van der Waals surface area contributed by atoms with Crippen molar-refractivity contribution in [1.82, 2.24) is 5.48 Å². The number of para-hydroxylation sites is 1. The van der Waals surface area contributed by atoms with E-state index in [0.29, 0.717) is 13.2 Å². The lowest BCUT2D eigenvalue weighted by Crippen LogP contribution is -2.39. The van der Waals surface area contributed by atoms with Gasteiger partial charge in [0.05, 0.1) is 12.6 Å². The molecule has 1 aromatic carbocycles. The molecular weight excluding hydrogens is 178 g/mol. The number of ether oxygens (including phenoxy) is 1. The van der Waals surface area contributed by atoms with Crippen molar-refractivity contribution in [1.29, 1.82) is 0 Å². The largest absolute Gasteiger partial charge is 0.492 e. The summed E-state index contributed by atoms with van der Waals surface area (Å²) in [5.41, 5.74) is 4.23. The first-order valence-electron chi connectivity index (χ1n) is 4.98. The van der Waals surface area contributed by atoms with E-state index in [4.69, 9.17) is 9.57 Å². The fourth-order valence-electron chi connectivity index (χ4n) is 1.60. The molecule has 3 nitrogen and oxygen atoms in total. The van der Waals surface area contributed by atoms with Crippen LogP contribution in [-0.2, 0) is 11.3 Å². The summed E-state index contributed by atoms with van der Waals surface area (Å²) >= 11 is 0. The van der Waals surface area contributed by atoms with E-state index < -0.39 is 0 Å². The van der Waals surface area contributed by atoms with E-state index in [1.165, 1.54) is 5.56 Å². The molecule has 0 amide bonds. The highest BCUT2D eigenvalue weighted by atomic mass is 16.6. The average molecular weight is 193 g/mol. The molecule has 0 bridgehead atoms. The van der Waals surface area contributed by atoms with Gasteiger partial charge >= 0.3 is 0 Å². The van der Waals surface area contributed by atoms with Crippen molar-refractivity contribution in [3.63, 3.8) is 0 Å². The third kappa shape index (κ3) is 2.05. The molecule has 1 aliphatic rings. The zero-order chi connectivity index (χ0) is 9.80. The summed E-state index contributed by atoms with van der Waals surface area (Å²) in [5, 5.41) is 0. The highest BCUT2D eigenvalue weighted by molar-refractivity contribution is 5.35. The van der Waals surface area contributed by atoms with Crippen LogP contribution in [0.2, 0.25) is 0 Å². The second-order valence-corrected chi connectivity index (χ2v) is 3.37. The summed E-state index contributed by atoms with van der Waals surface area (Å²) < 4.78 is 5.59. The van der Waals surface area contributed by atoms with Gasteiger partial charge in [-0.25, -0.2) is 0 Å². The van der Waals surface area contributed by atoms with E-state index in [9.17, 15) is 0 Å². The lowest BCUT2D eigenvalue weighted by Gasteiger charge is -2.25. The first-order chi connectivity index (χ1) is 6.90. The monoisotopic (exact) mass is 193 g/mol. The predicted octanol–water partition coefficient (Wildman–Crippen LogP) is 1.53. The van der Waals surface area contributed by atoms with Crippen molar-refractivity contribution >= 4 is 0 Å². The molecule has 0 aromatic heterocycles. The Bertz CT molecular complexity index is 301. The van der Waals surface area contributed by atoms with Gasteiger partial charge in [-0.2, -0.15) is 5.48 Å². The van der Waals surface area contributed by atoms with Crippen LogP contribution in [0.3, 0.4) is 0 Å². The number of rotatable bonds is 3. The lowest BCUT2D eigenvalue weighted by molar-refractivity contribution is 0.00832. The Morgan fingerprint density at radius 3 is 3.21 bits per heavy atom. The summed E-state index contributed by atoms with van der Waals surface area (Å²) in [6.07, 6.45) is 0.968. The van der Waals surface area contributed by atoms with E-state index in [1.807, 2.05) is 25.1 Å². The standard InChI is InChI=1S/C11H15NO2/c1-2-14-12-10-7-9-5-3-4-6-11(9)13-8-10/h3-6,10,12H,2,7-8H2,1H3. The van der Waals surface area contributed by atoms with Crippen LogP contribution >= 0.6 is 0 Å². The SMILES string of the molecule is CCONC1COc2ccccc2C1. The molecule has 1 heterocycles. The second kappa shape index (κ2) is 4.44. The number of hydrogen-bond donors (Lipinski definition) is 1. The molecule has 0 saturated carbocycles. The Kier molecular flexibility index (Phi) is 3.01. The summed E-state index contributed by atoms with van der Waals surface area (Å²) in [6.45, 7) is 3.32. The van der Waals surface area contributed by atoms with Crippen molar-refractivity contribution in [2.45, 2.75) is 19.4 Å². The van der Waals surface area contributed by atoms with Crippen molar-refractivity contribution < 1.29 is 9.57 Å². The van der Waals surface area contributed by atoms with Crippen LogP contribution < -0.4 is 10.2 Å². The lowest BCUT2D eigenvalue weighted by atomic mass is 10.0. The molecule has 2 rings (SSSR count). The Morgan fingerprint density at radius 2 is 2.36 bits per heavy atom. The molecule has 1 aromatic rings. The number of hydrogen-bond acceptors (Lipinski definition) is 3. The molecule has 1 aliphatic heterocycles. The van der Waals surface area contributed by atoms with E-state index >= 15 is 0 Å². The van der Waals surface area contributed by atoms with Gasteiger partial charge in [-0.15, -0.1) is 0 Å². The Balaban J connectivity index is 1.99. The summed E-state index contributed by atoms with van der Waals surface area (Å²) in [7, 11) is 0. The molecule has 1 unspecified atom stereocenters. The normalized spacial score (nSPS) is 19.9. The van der Waals surface area contributed by atoms with Crippen LogP contribution in [0, 0.1) is 0 Å². The van der Waals surface area contributed by atoms with Gasteiger partial charge in [-0.05, 0) is 25.0 Å². The molecular formula is C11H15NO2. The van der Waals surface area contributed by atoms with E-state index in [-0.39, 0.29) is 6.04 Å². The molecule has 0 aliphatic carbocycles. The molecule has 1 atom stereocenters. The molecule has 0 spiro atoms. The maximum absolute atomic E-state index is 5.59. The molecule has 3 heteroatoms. The highest BCUT2D eigenvalue weighted by Gasteiger charge is 2.18. The van der Waals surface area contributed by atoms with Crippen molar-refractivity contribution in [2.75, 3.05) is 13.2 Å². The molecule has 0 fully saturated rings. The van der Waals surface area contributed by atoms with E-state index in [0.717, 1.165) is 12.2 Å². The molecule has 76 valence electrons. The molecule has 1 N–H and O–H groups in total. The minimum absolute atomic E-state index is 0.268. The molecule has 0 radical (unpaired) electrons. The van der Waals surface area contributed by atoms with Gasteiger partial charge in [-0.1, -0.05) is 18.2 Å². The van der Waals surface area contributed by atoms with Gasteiger partial charge in [0.2, 0.25) is 0 Å². The topological polar surface area (TPSA) is 30.5 Å². The number of fused-ring (bicyclic) bond motifs is 1. The van der Waals surface area contributed by atoms with Crippen LogP contribution in [0.25, 0.3) is 0 Å². The molecule has 14 heavy (non-hydrogen) atoms. The van der Waals surface area contributed by atoms with Crippen LogP contribution in [-0.4, -0.2) is 19.3 Å². The smallest absolute Gasteiger partial charge is 0.122 e. The number of nitrogens with one attached hydrogen (secondary N) is 1. The summed E-state index contributed by atoms with van der Waals surface area (Å²) in [5.74, 6) is 1.00. The van der Waals surface area contributed by atoms with Crippen LogP contribution in [0.1, 0.15) is 12.5 Å². The first-order valence-corrected chi connectivity index (χ1v) is 4.98. The summed E-state index contributed by atoms with van der Waals surface area (Å²) in [6, 6.07) is 8.40. The van der Waals surface area contributed by atoms with Gasteiger partial charge in [0, 0.05) is 0 Å². The second-order valence-electron chi connectivity index (χ2n) is 3.37. The van der Waals surface area contributed by atoms with E-state index in [1.54, 1.807) is 0 Å².